The summed E-state index contributed by atoms with van der Waals surface area (Å²) in [5.41, 5.74) is 1.19. The molecule has 2 aromatic heterocycles. The molecule has 2 unspecified atom stereocenters. The minimum absolute atomic E-state index is 0.0466. The second-order valence-electron chi connectivity index (χ2n) is 8.86. The molecule has 2 atom stereocenters. The lowest BCUT2D eigenvalue weighted by Crippen LogP contribution is -2.44. The number of likely N-dealkylation sites (tertiary alicyclic amines) is 1. The van der Waals surface area contributed by atoms with Crippen LogP contribution in [0.1, 0.15) is 69.1 Å². The van der Waals surface area contributed by atoms with Crippen LogP contribution in [-0.2, 0) is 29.1 Å². The highest BCUT2D eigenvalue weighted by molar-refractivity contribution is 5.79. The zero-order valence-electron chi connectivity index (χ0n) is 18.9. The summed E-state index contributed by atoms with van der Waals surface area (Å²) in [6, 6.07) is 1.59. The van der Waals surface area contributed by atoms with Gasteiger partial charge in [-0.1, -0.05) is 13.8 Å². The lowest BCUT2D eigenvalue weighted by atomic mass is 9.98. The number of H-pyrrole nitrogens is 1. The molecule has 4 heterocycles. The number of rotatable bonds is 6. The third-order valence-electron chi connectivity index (χ3n) is 6.45. The van der Waals surface area contributed by atoms with Crippen molar-refractivity contribution in [1.29, 1.82) is 0 Å². The number of amides is 2. The van der Waals surface area contributed by atoms with Gasteiger partial charge >= 0.3 is 0 Å². The van der Waals surface area contributed by atoms with E-state index in [4.69, 9.17) is 4.98 Å². The third-order valence-corrected chi connectivity index (χ3v) is 6.45. The molecule has 1 N–H and O–H groups in total. The monoisotopic (exact) mass is 440 g/mol. The molecule has 1 saturated heterocycles. The quantitative estimate of drug-likeness (QED) is 0.740. The summed E-state index contributed by atoms with van der Waals surface area (Å²) in [6.07, 6.45) is 8.05. The number of carbonyl (C=O) groups is 2. The van der Waals surface area contributed by atoms with Crippen LogP contribution < -0.4 is 5.56 Å². The van der Waals surface area contributed by atoms with Crippen LogP contribution in [0.2, 0.25) is 0 Å². The molecule has 32 heavy (non-hydrogen) atoms. The van der Waals surface area contributed by atoms with Crippen LogP contribution in [0, 0.1) is 5.92 Å². The Kier molecular flexibility index (Phi) is 6.72. The van der Waals surface area contributed by atoms with E-state index in [1.165, 1.54) is 0 Å². The van der Waals surface area contributed by atoms with Gasteiger partial charge in [-0.2, -0.15) is 5.10 Å². The number of piperidine rings is 1. The first-order valence-corrected chi connectivity index (χ1v) is 11.7. The molecular formula is C23H32N6O3. The fourth-order valence-electron chi connectivity index (χ4n) is 4.73. The maximum atomic E-state index is 13.3. The summed E-state index contributed by atoms with van der Waals surface area (Å²) in [5.74, 6) is 0.453. The largest absolute Gasteiger partial charge is 0.336 e. The van der Waals surface area contributed by atoms with Crippen LogP contribution in [0.5, 0.6) is 0 Å². The minimum Gasteiger partial charge on any atom is -0.336 e. The summed E-state index contributed by atoms with van der Waals surface area (Å²) in [7, 11) is 0. The summed E-state index contributed by atoms with van der Waals surface area (Å²) < 4.78 is 1.77. The van der Waals surface area contributed by atoms with Gasteiger partial charge in [-0.15, -0.1) is 0 Å². The first-order valence-electron chi connectivity index (χ1n) is 11.7. The van der Waals surface area contributed by atoms with E-state index in [1.54, 1.807) is 15.8 Å². The number of nitrogens with zero attached hydrogens (tertiary/aromatic N) is 5. The Morgan fingerprint density at radius 2 is 2.12 bits per heavy atom. The predicted molar refractivity (Wildman–Crippen MR) is 119 cm³/mol. The number of hydrogen-bond acceptors (Lipinski definition) is 5. The van der Waals surface area contributed by atoms with Crippen molar-refractivity contribution in [1.82, 2.24) is 29.5 Å². The van der Waals surface area contributed by atoms with Crippen molar-refractivity contribution in [3.05, 3.63) is 45.9 Å². The molecule has 2 aromatic rings. The number of carbonyl (C=O) groups excluding carboxylic acids is 2. The molecule has 0 radical (unpaired) electrons. The zero-order chi connectivity index (χ0) is 22.7. The minimum atomic E-state index is -0.254. The first kappa shape index (κ1) is 22.2. The van der Waals surface area contributed by atoms with E-state index >= 15 is 0 Å². The number of aromatic nitrogens is 4. The predicted octanol–water partition coefficient (Wildman–Crippen LogP) is 2.04. The maximum absolute atomic E-state index is 13.3. The van der Waals surface area contributed by atoms with E-state index in [9.17, 15) is 14.4 Å². The molecule has 4 rings (SSSR count). The van der Waals surface area contributed by atoms with Crippen LogP contribution in [-0.4, -0.2) is 54.5 Å². The van der Waals surface area contributed by atoms with Gasteiger partial charge in [0.2, 0.25) is 11.8 Å². The van der Waals surface area contributed by atoms with Gasteiger partial charge in [-0.25, -0.2) is 4.98 Å². The highest BCUT2D eigenvalue weighted by atomic mass is 16.2. The molecule has 0 spiro atoms. The summed E-state index contributed by atoms with van der Waals surface area (Å²) in [4.78, 5) is 49.9. The number of fused-ring (bicyclic) bond motifs is 1. The van der Waals surface area contributed by atoms with Gasteiger partial charge in [0.05, 0.1) is 30.7 Å². The molecule has 172 valence electrons. The Bertz CT molecular complexity index is 1020. The van der Waals surface area contributed by atoms with Crippen LogP contribution in [0.3, 0.4) is 0 Å². The molecule has 0 aliphatic carbocycles. The fourth-order valence-corrected chi connectivity index (χ4v) is 4.73. The smallest absolute Gasteiger partial charge is 0.254 e. The Hall–Kier alpha value is -2.97. The van der Waals surface area contributed by atoms with E-state index < -0.39 is 0 Å². The first-order chi connectivity index (χ1) is 15.5. The second-order valence-corrected chi connectivity index (χ2v) is 8.86. The van der Waals surface area contributed by atoms with Crippen LogP contribution in [0.25, 0.3) is 0 Å². The molecule has 0 aromatic carbocycles. The molecule has 9 nitrogen and oxygen atoms in total. The molecule has 0 saturated carbocycles. The lowest BCUT2D eigenvalue weighted by molar-refractivity contribution is -0.139. The number of nitrogens with one attached hydrogen (secondary N) is 1. The molecule has 9 heteroatoms. The van der Waals surface area contributed by atoms with Crippen LogP contribution in [0.15, 0.2) is 23.3 Å². The molecule has 2 amide bonds. The van der Waals surface area contributed by atoms with Crippen LogP contribution in [0.4, 0.5) is 0 Å². The molecule has 2 aliphatic heterocycles. The average molecular weight is 441 g/mol. The Labute approximate surface area is 187 Å². The lowest BCUT2D eigenvalue weighted by Gasteiger charge is -2.37. The second kappa shape index (κ2) is 9.67. The van der Waals surface area contributed by atoms with Crippen molar-refractivity contribution < 1.29 is 9.59 Å². The van der Waals surface area contributed by atoms with E-state index in [1.807, 2.05) is 31.0 Å². The van der Waals surface area contributed by atoms with E-state index in [2.05, 4.69) is 10.1 Å². The highest BCUT2D eigenvalue weighted by Gasteiger charge is 2.33. The van der Waals surface area contributed by atoms with E-state index in [-0.39, 0.29) is 29.3 Å². The van der Waals surface area contributed by atoms with Gasteiger partial charge in [0.15, 0.2) is 0 Å². The van der Waals surface area contributed by atoms with Gasteiger partial charge in [-0.3, -0.25) is 19.1 Å². The van der Waals surface area contributed by atoms with Crippen molar-refractivity contribution in [2.45, 2.75) is 71.5 Å². The van der Waals surface area contributed by atoms with Gasteiger partial charge in [0.25, 0.3) is 5.56 Å². The van der Waals surface area contributed by atoms with Crippen molar-refractivity contribution in [2.75, 3.05) is 13.1 Å². The van der Waals surface area contributed by atoms with E-state index in [0.29, 0.717) is 56.1 Å². The normalized spacial score (nSPS) is 19.5. The molecular weight excluding hydrogens is 408 g/mol. The van der Waals surface area contributed by atoms with Crippen LogP contribution >= 0.6 is 0 Å². The average Bonchev–Trinajstić information content (AvgIpc) is 3.31. The molecule has 0 bridgehead atoms. The Morgan fingerprint density at radius 3 is 2.88 bits per heavy atom. The summed E-state index contributed by atoms with van der Waals surface area (Å²) in [5, 5.41) is 4.21. The number of aromatic amines is 1. The third kappa shape index (κ3) is 4.61. The SMILES string of the molecule is CCCC(=O)N1CCc2c(nc(C3CCCCN3C(=O)C(C)Cn3cccn3)[nH]c2=O)C1. The van der Waals surface area contributed by atoms with Gasteiger partial charge in [0.1, 0.15) is 5.82 Å². The topological polar surface area (TPSA) is 104 Å². The van der Waals surface area contributed by atoms with Crippen molar-refractivity contribution >= 4 is 11.8 Å². The van der Waals surface area contributed by atoms with Gasteiger partial charge < -0.3 is 14.8 Å². The summed E-state index contributed by atoms with van der Waals surface area (Å²) >= 11 is 0. The number of hydrogen-bond donors (Lipinski definition) is 1. The van der Waals surface area contributed by atoms with Crippen molar-refractivity contribution in [3.63, 3.8) is 0 Å². The maximum Gasteiger partial charge on any atom is 0.254 e. The van der Waals surface area contributed by atoms with E-state index in [0.717, 1.165) is 25.7 Å². The van der Waals surface area contributed by atoms with Crippen molar-refractivity contribution in [3.8, 4) is 0 Å². The Balaban J connectivity index is 1.56. The van der Waals surface area contributed by atoms with Gasteiger partial charge in [0, 0.05) is 37.5 Å². The fraction of sp³-hybridized carbons (Fsp3) is 0.609. The zero-order valence-corrected chi connectivity index (χ0v) is 18.9. The van der Waals surface area contributed by atoms with Crippen molar-refractivity contribution in [2.24, 2.45) is 5.92 Å². The summed E-state index contributed by atoms with van der Waals surface area (Å²) in [6.45, 7) is 5.97. The standard InChI is InChI=1S/C23H32N6O3/c1-3-7-20(30)27-13-9-17-18(15-27)25-21(26-22(17)31)19-8-4-5-12-29(19)23(32)16(2)14-28-11-6-10-24-28/h6,10-11,16,19H,3-5,7-9,12-15H2,1-2H3,(H,25,26,31). The Morgan fingerprint density at radius 1 is 1.28 bits per heavy atom. The highest BCUT2D eigenvalue weighted by Crippen LogP contribution is 2.31. The molecule has 2 aliphatic rings. The molecule has 1 fully saturated rings. The van der Waals surface area contributed by atoms with Gasteiger partial charge in [-0.05, 0) is 38.2 Å².